The third-order valence-electron chi connectivity index (χ3n) is 4.29. The van der Waals surface area contributed by atoms with Gasteiger partial charge < -0.3 is 15.2 Å². The second-order valence-corrected chi connectivity index (χ2v) is 7.03. The van der Waals surface area contributed by atoms with Gasteiger partial charge in [-0.3, -0.25) is 9.59 Å². The van der Waals surface area contributed by atoms with E-state index in [1.165, 1.54) is 34.9 Å². The van der Waals surface area contributed by atoms with Gasteiger partial charge in [0.15, 0.2) is 0 Å². The summed E-state index contributed by atoms with van der Waals surface area (Å²) in [7, 11) is 0. The van der Waals surface area contributed by atoms with E-state index in [1.54, 1.807) is 12.1 Å². The predicted molar refractivity (Wildman–Crippen MR) is 95.4 cm³/mol. The van der Waals surface area contributed by atoms with Gasteiger partial charge in [-0.15, -0.1) is 11.3 Å². The molecule has 4 rings (SSSR count). The summed E-state index contributed by atoms with van der Waals surface area (Å²) in [5, 5.41) is 4.62. The van der Waals surface area contributed by atoms with Crippen LogP contribution in [-0.4, -0.2) is 28.2 Å². The summed E-state index contributed by atoms with van der Waals surface area (Å²) in [5.41, 5.74) is 3.56. The molecule has 0 unspecified atom stereocenters. The number of H-pyrrole nitrogens is 1. The van der Waals surface area contributed by atoms with Crippen LogP contribution in [0.3, 0.4) is 0 Å². The van der Waals surface area contributed by atoms with Gasteiger partial charge in [-0.05, 0) is 18.2 Å². The SMILES string of the molecule is CC(=O)Nc1ccc(C(=O)N2CCc3[nH]c4ccccc4c3C2)s1. The molecule has 5 nitrogen and oxygen atoms in total. The highest BCUT2D eigenvalue weighted by Gasteiger charge is 2.25. The third-order valence-corrected chi connectivity index (χ3v) is 5.27. The fourth-order valence-electron chi connectivity index (χ4n) is 3.19. The molecule has 0 bridgehead atoms. The van der Waals surface area contributed by atoms with Crippen molar-refractivity contribution in [3.63, 3.8) is 0 Å². The number of carbonyl (C=O) groups is 2. The standard InChI is InChI=1S/C18H17N3O2S/c1-11(22)19-17-7-6-16(24-17)18(23)21-9-8-15-13(10-21)12-4-2-3-5-14(12)20-15/h2-7,20H,8-10H2,1H3,(H,19,22). The summed E-state index contributed by atoms with van der Waals surface area (Å²) in [6.45, 7) is 2.78. The average Bonchev–Trinajstić information content (AvgIpc) is 3.17. The minimum Gasteiger partial charge on any atom is -0.358 e. The van der Waals surface area contributed by atoms with Crippen LogP contribution in [0.2, 0.25) is 0 Å². The molecule has 122 valence electrons. The largest absolute Gasteiger partial charge is 0.358 e. The van der Waals surface area contributed by atoms with Crippen LogP contribution >= 0.6 is 11.3 Å². The van der Waals surface area contributed by atoms with Crippen molar-refractivity contribution in [2.45, 2.75) is 19.9 Å². The molecule has 0 atom stereocenters. The van der Waals surface area contributed by atoms with Gasteiger partial charge in [0.1, 0.15) is 0 Å². The number of anilines is 1. The highest BCUT2D eigenvalue weighted by Crippen LogP contribution is 2.30. The fourth-order valence-corrected chi connectivity index (χ4v) is 4.11. The molecule has 3 aromatic rings. The van der Waals surface area contributed by atoms with Crippen molar-refractivity contribution in [2.75, 3.05) is 11.9 Å². The quantitative estimate of drug-likeness (QED) is 0.752. The van der Waals surface area contributed by atoms with Gasteiger partial charge in [-0.2, -0.15) is 0 Å². The Labute approximate surface area is 143 Å². The smallest absolute Gasteiger partial charge is 0.264 e. The van der Waals surface area contributed by atoms with E-state index in [9.17, 15) is 9.59 Å². The van der Waals surface area contributed by atoms with Gasteiger partial charge in [-0.1, -0.05) is 18.2 Å². The molecule has 2 aromatic heterocycles. The minimum atomic E-state index is -0.128. The van der Waals surface area contributed by atoms with Crippen molar-refractivity contribution in [1.82, 2.24) is 9.88 Å². The molecule has 0 spiro atoms. The van der Waals surface area contributed by atoms with Gasteiger partial charge in [0.2, 0.25) is 5.91 Å². The van der Waals surface area contributed by atoms with E-state index < -0.39 is 0 Å². The Morgan fingerprint density at radius 2 is 2.04 bits per heavy atom. The molecular formula is C18H17N3O2S. The zero-order valence-electron chi connectivity index (χ0n) is 13.3. The van der Waals surface area contributed by atoms with Crippen LogP contribution in [0.5, 0.6) is 0 Å². The summed E-state index contributed by atoms with van der Waals surface area (Å²) in [6, 6.07) is 11.8. The predicted octanol–water partition coefficient (Wildman–Crippen LogP) is 3.39. The third kappa shape index (κ3) is 2.59. The number of para-hydroxylation sites is 1. The lowest BCUT2D eigenvalue weighted by molar-refractivity contribution is -0.114. The Balaban J connectivity index is 1.58. The molecule has 2 N–H and O–H groups in total. The molecule has 6 heteroatoms. The van der Waals surface area contributed by atoms with E-state index in [0.717, 1.165) is 11.9 Å². The number of hydrogen-bond acceptors (Lipinski definition) is 3. The molecule has 0 saturated carbocycles. The number of hydrogen-bond donors (Lipinski definition) is 2. The second kappa shape index (κ2) is 5.79. The number of nitrogens with one attached hydrogen (secondary N) is 2. The average molecular weight is 339 g/mol. The van der Waals surface area contributed by atoms with Crippen LogP contribution in [0, 0.1) is 0 Å². The first-order valence-corrected chi connectivity index (χ1v) is 8.68. The lowest BCUT2D eigenvalue weighted by Crippen LogP contribution is -2.35. The van der Waals surface area contributed by atoms with Gasteiger partial charge >= 0.3 is 0 Å². The summed E-state index contributed by atoms with van der Waals surface area (Å²) >= 11 is 1.32. The Kier molecular flexibility index (Phi) is 3.61. The van der Waals surface area contributed by atoms with E-state index in [-0.39, 0.29) is 11.8 Å². The first-order valence-electron chi connectivity index (χ1n) is 7.87. The van der Waals surface area contributed by atoms with Crippen LogP contribution in [0.1, 0.15) is 27.9 Å². The summed E-state index contributed by atoms with van der Waals surface area (Å²) in [5.74, 6) is -0.107. The van der Waals surface area contributed by atoms with Crippen molar-refractivity contribution in [1.29, 1.82) is 0 Å². The lowest BCUT2D eigenvalue weighted by atomic mass is 10.0. The molecule has 0 saturated heterocycles. The number of nitrogens with zero attached hydrogens (tertiary/aromatic N) is 1. The number of aromatic amines is 1. The highest BCUT2D eigenvalue weighted by atomic mass is 32.1. The van der Waals surface area contributed by atoms with Crippen LogP contribution < -0.4 is 5.32 Å². The van der Waals surface area contributed by atoms with Crippen LogP contribution in [0.15, 0.2) is 36.4 Å². The molecule has 0 radical (unpaired) electrons. The summed E-state index contributed by atoms with van der Waals surface area (Å²) in [4.78, 5) is 29.9. The Bertz CT molecular complexity index is 941. The van der Waals surface area contributed by atoms with Crippen molar-refractivity contribution in [3.05, 3.63) is 52.5 Å². The lowest BCUT2D eigenvalue weighted by Gasteiger charge is -2.26. The van der Waals surface area contributed by atoms with Crippen molar-refractivity contribution in [3.8, 4) is 0 Å². The molecular weight excluding hydrogens is 322 g/mol. The van der Waals surface area contributed by atoms with Gasteiger partial charge in [0.05, 0.1) is 9.88 Å². The van der Waals surface area contributed by atoms with Crippen LogP contribution in [0.4, 0.5) is 5.00 Å². The number of rotatable bonds is 2. The second-order valence-electron chi connectivity index (χ2n) is 5.95. The number of benzene rings is 1. The van der Waals surface area contributed by atoms with Crippen LogP contribution in [0.25, 0.3) is 10.9 Å². The maximum atomic E-state index is 12.8. The first-order chi connectivity index (χ1) is 11.6. The van der Waals surface area contributed by atoms with Crippen LogP contribution in [-0.2, 0) is 17.8 Å². The molecule has 0 aliphatic carbocycles. The van der Waals surface area contributed by atoms with Gasteiger partial charge in [0, 0.05) is 48.6 Å². The number of amides is 2. The number of fused-ring (bicyclic) bond motifs is 3. The molecule has 3 heterocycles. The normalized spacial score (nSPS) is 13.8. The van der Waals surface area contributed by atoms with E-state index in [0.29, 0.717) is 23.0 Å². The van der Waals surface area contributed by atoms with E-state index in [1.807, 2.05) is 17.0 Å². The zero-order valence-corrected chi connectivity index (χ0v) is 14.1. The summed E-state index contributed by atoms with van der Waals surface area (Å²) < 4.78 is 0. The Morgan fingerprint density at radius 1 is 1.21 bits per heavy atom. The minimum absolute atomic E-state index is 0.0209. The Morgan fingerprint density at radius 3 is 2.88 bits per heavy atom. The number of thiophene rings is 1. The van der Waals surface area contributed by atoms with E-state index in [2.05, 4.69) is 22.4 Å². The van der Waals surface area contributed by atoms with Crippen molar-refractivity contribution in [2.24, 2.45) is 0 Å². The molecule has 0 fully saturated rings. The topological polar surface area (TPSA) is 65.2 Å². The van der Waals surface area contributed by atoms with E-state index >= 15 is 0 Å². The Hall–Kier alpha value is -2.60. The molecule has 1 aliphatic heterocycles. The maximum absolute atomic E-state index is 12.8. The van der Waals surface area contributed by atoms with Gasteiger partial charge in [-0.25, -0.2) is 0 Å². The first kappa shape index (κ1) is 15.0. The summed E-state index contributed by atoms with van der Waals surface area (Å²) in [6.07, 6.45) is 0.833. The molecule has 1 aromatic carbocycles. The fraction of sp³-hybridized carbons (Fsp3) is 0.222. The van der Waals surface area contributed by atoms with Crippen molar-refractivity contribution >= 4 is 39.1 Å². The molecule has 24 heavy (non-hydrogen) atoms. The molecule has 1 aliphatic rings. The van der Waals surface area contributed by atoms with Crippen molar-refractivity contribution < 1.29 is 9.59 Å². The maximum Gasteiger partial charge on any atom is 0.264 e. The number of carbonyl (C=O) groups excluding carboxylic acids is 2. The number of aromatic nitrogens is 1. The van der Waals surface area contributed by atoms with E-state index in [4.69, 9.17) is 0 Å². The van der Waals surface area contributed by atoms with Gasteiger partial charge in [0.25, 0.3) is 5.91 Å². The molecule has 2 amide bonds. The monoisotopic (exact) mass is 339 g/mol. The zero-order chi connectivity index (χ0) is 16.7. The highest BCUT2D eigenvalue weighted by molar-refractivity contribution is 7.18.